The number of aromatic nitrogens is 3. The fourth-order valence-corrected chi connectivity index (χ4v) is 5.27. The predicted molar refractivity (Wildman–Crippen MR) is 98.7 cm³/mol. The van der Waals surface area contributed by atoms with Crippen LogP contribution in [0.3, 0.4) is 0 Å². The number of pyridine rings is 1. The van der Waals surface area contributed by atoms with Crippen LogP contribution in [0.5, 0.6) is 5.88 Å². The summed E-state index contributed by atoms with van der Waals surface area (Å²) in [6.45, 7) is 0. The molecule has 150 valence electrons. The molecule has 1 atom stereocenters. The fraction of sp³-hybridized carbons (Fsp3) is 0.500. The topological polar surface area (TPSA) is 138 Å². The van der Waals surface area contributed by atoms with E-state index >= 15 is 0 Å². The maximum atomic E-state index is 11.0. The summed E-state index contributed by atoms with van der Waals surface area (Å²) in [4.78, 5) is 15.0. The summed E-state index contributed by atoms with van der Waals surface area (Å²) in [7, 11) is 5.97. The second kappa shape index (κ2) is 5.51. The molecule has 0 saturated heterocycles. The molecule has 1 unspecified atom stereocenters. The molecule has 3 aliphatic carbocycles. The zero-order valence-electron chi connectivity index (χ0n) is 15.1. The Labute approximate surface area is 171 Å². The van der Waals surface area contributed by atoms with Crippen molar-refractivity contribution in [2.45, 2.75) is 37.2 Å². The highest BCUT2D eigenvalue weighted by Crippen LogP contribution is 2.94. The van der Waals surface area contributed by atoms with Gasteiger partial charge in [-0.05, 0) is 48.6 Å². The van der Waals surface area contributed by atoms with E-state index in [0.29, 0.717) is 0 Å². The number of rotatable bonds is 6. The van der Waals surface area contributed by atoms with Crippen molar-refractivity contribution in [3.05, 3.63) is 35.1 Å². The first kappa shape index (κ1) is 18.9. The van der Waals surface area contributed by atoms with Gasteiger partial charge in [0.25, 0.3) is 0 Å². The van der Waals surface area contributed by atoms with Crippen LogP contribution < -0.4 is 4.74 Å². The summed E-state index contributed by atoms with van der Waals surface area (Å²) in [6, 6.07) is 3.98. The summed E-state index contributed by atoms with van der Waals surface area (Å²) in [5, 5.41) is 44.5. The van der Waals surface area contributed by atoms with E-state index in [1.165, 1.54) is 29.1 Å². The van der Waals surface area contributed by atoms with Gasteiger partial charge in [0.15, 0.2) is 5.82 Å². The summed E-state index contributed by atoms with van der Waals surface area (Å²) in [5.41, 5.74) is -2.70. The van der Waals surface area contributed by atoms with Crippen molar-refractivity contribution >= 4 is 25.4 Å². The van der Waals surface area contributed by atoms with Gasteiger partial charge in [-0.2, -0.15) is 0 Å². The Hall–Kier alpha value is -2.14. The first-order valence-corrected chi connectivity index (χ1v) is 9.53. The molecule has 0 amide bonds. The van der Waals surface area contributed by atoms with Gasteiger partial charge in [0, 0.05) is 18.2 Å². The highest BCUT2D eigenvalue weighted by atomic mass is 35.5. The molecule has 3 saturated carbocycles. The molecule has 0 aliphatic heterocycles. The van der Waals surface area contributed by atoms with E-state index in [9.17, 15) is 20.1 Å². The molecular formula is C18H17BClN3O6. The Bertz CT molecular complexity index is 1010. The Morgan fingerprint density at radius 1 is 1.21 bits per heavy atom. The maximum absolute atomic E-state index is 11.0. The summed E-state index contributed by atoms with van der Waals surface area (Å²) in [5.74, 6) is -4.72. The monoisotopic (exact) mass is 417 g/mol. The molecule has 2 aromatic heterocycles. The average Bonchev–Trinajstić information content (AvgIpc) is 3.58. The van der Waals surface area contributed by atoms with E-state index < -0.39 is 23.4 Å². The van der Waals surface area contributed by atoms with E-state index in [4.69, 9.17) is 29.3 Å². The normalized spacial score (nSPS) is 23.0. The summed E-state index contributed by atoms with van der Waals surface area (Å²) < 4.78 is 6.36. The van der Waals surface area contributed by atoms with Gasteiger partial charge in [-0.3, -0.25) is 0 Å². The molecule has 2 radical (unpaired) electrons. The minimum atomic E-state index is -3.04. The first-order chi connectivity index (χ1) is 13.5. The second-order valence-electron chi connectivity index (χ2n) is 8.19. The number of nitrogens with zero attached hydrogens (tertiary/aromatic N) is 3. The van der Waals surface area contributed by atoms with E-state index in [1.54, 1.807) is 0 Å². The highest BCUT2D eigenvalue weighted by molar-refractivity contribution is 6.32. The van der Waals surface area contributed by atoms with Crippen molar-refractivity contribution in [2.75, 3.05) is 0 Å². The van der Waals surface area contributed by atoms with Crippen LogP contribution in [-0.2, 0) is 0 Å². The average molecular weight is 418 g/mol. The number of hydrogen-bond donors (Lipinski definition) is 4. The zero-order valence-corrected chi connectivity index (χ0v) is 15.9. The van der Waals surface area contributed by atoms with Crippen LogP contribution in [0, 0.1) is 16.7 Å². The van der Waals surface area contributed by atoms with Gasteiger partial charge < -0.3 is 25.2 Å². The molecule has 0 bridgehead atoms. The predicted octanol–water partition coefficient (Wildman–Crippen LogP) is 0.683. The van der Waals surface area contributed by atoms with Crippen molar-refractivity contribution in [1.29, 1.82) is 0 Å². The fourth-order valence-electron chi connectivity index (χ4n) is 5.04. The van der Waals surface area contributed by atoms with Gasteiger partial charge >= 0.3 is 11.9 Å². The molecule has 2 spiro atoms. The lowest BCUT2D eigenvalue weighted by Crippen LogP contribution is -2.61. The number of carboxylic acid groups (broad SMARTS) is 1. The third kappa shape index (κ3) is 2.49. The Balaban J connectivity index is 1.36. The van der Waals surface area contributed by atoms with E-state index in [0.717, 1.165) is 25.7 Å². The van der Waals surface area contributed by atoms with Gasteiger partial charge in [0.1, 0.15) is 18.5 Å². The SMILES string of the molecule is [B]C(O)(C1C2(CC2)C12CC2)C(O)(O)Oc1ccn(-c2ccc(C(=O)O)c(Cl)n2)n1. The maximum Gasteiger partial charge on any atom is 0.344 e. The van der Waals surface area contributed by atoms with E-state index in [1.807, 2.05) is 0 Å². The molecule has 2 heterocycles. The standard InChI is InChI=1S/C18H17BClN3O6/c19-17(26,14-15(4-5-15)16(14)6-7-16)18(27,28)29-11-3-8-23(22-11)10-2-1-9(13(24)25)12(20)21-10/h1-3,8,14,26-28H,4-7H2,(H,24,25). The third-order valence-electron chi connectivity index (χ3n) is 6.66. The first-order valence-electron chi connectivity index (χ1n) is 9.15. The number of carbonyl (C=O) groups is 1. The van der Waals surface area contributed by atoms with Crippen molar-refractivity contribution in [3.63, 3.8) is 0 Å². The van der Waals surface area contributed by atoms with E-state index in [-0.39, 0.29) is 33.2 Å². The van der Waals surface area contributed by atoms with Crippen LogP contribution >= 0.6 is 11.6 Å². The van der Waals surface area contributed by atoms with Gasteiger partial charge in [-0.15, -0.1) is 5.10 Å². The molecule has 11 heteroatoms. The van der Waals surface area contributed by atoms with Gasteiger partial charge in [-0.25, -0.2) is 14.5 Å². The summed E-state index contributed by atoms with van der Waals surface area (Å²) in [6.07, 6.45) is 5.07. The van der Waals surface area contributed by atoms with E-state index in [2.05, 4.69) is 10.1 Å². The van der Waals surface area contributed by atoms with Crippen LogP contribution in [0.4, 0.5) is 0 Å². The number of carboxylic acids is 1. The molecule has 4 N–H and O–H groups in total. The van der Waals surface area contributed by atoms with Gasteiger partial charge in [-0.1, -0.05) is 11.6 Å². The molecule has 3 aliphatic rings. The molecule has 5 rings (SSSR count). The summed E-state index contributed by atoms with van der Waals surface area (Å²) >= 11 is 5.86. The Morgan fingerprint density at radius 2 is 1.83 bits per heavy atom. The van der Waals surface area contributed by atoms with Crippen molar-refractivity contribution in [1.82, 2.24) is 14.8 Å². The number of hydrogen-bond acceptors (Lipinski definition) is 7. The van der Waals surface area contributed by atoms with Crippen LogP contribution in [0.25, 0.3) is 5.82 Å². The minimum Gasteiger partial charge on any atom is -0.478 e. The molecule has 29 heavy (non-hydrogen) atoms. The minimum absolute atomic E-state index is 0.0948. The van der Waals surface area contributed by atoms with Gasteiger partial charge in [0.05, 0.1) is 5.56 Å². The molecule has 3 fully saturated rings. The smallest absolute Gasteiger partial charge is 0.344 e. The van der Waals surface area contributed by atoms with Crippen LogP contribution in [-0.4, -0.2) is 60.5 Å². The van der Waals surface area contributed by atoms with Crippen LogP contribution in [0.2, 0.25) is 5.15 Å². The highest BCUT2D eigenvalue weighted by Gasteiger charge is 2.91. The molecule has 9 nitrogen and oxygen atoms in total. The Kier molecular flexibility index (Phi) is 3.59. The largest absolute Gasteiger partial charge is 0.478 e. The van der Waals surface area contributed by atoms with Crippen LogP contribution in [0.1, 0.15) is 36.0 Å². The lowest BCUT2D eigenvalue weighted by atomic mass is 9.73. The lowest BCUT2D eigenvalue weighted by Gasteiger charge is -2.37. The van der Waals surface area contributed by atoms with Gasteiger partial charge in [0.2, 0.25) is 5.88 Å². The molecular weight excluding hydrogens is 400 g/mol. The number of fused-ring (bicyclic) bond motifs is 1. The number of halogens is 1. The quantitative estimate of drug-likeness (QED) is 0.306. The second-order valence-corrected chi connectivity index (χ2v) is 8.55. The Morgan fingerprint density at radius 3 is 2.34 bits per heavy atom. The van der Waals surface area contributed by atoms with Crippen molar-refractivity contribution < 1.29 is 30.0 Å². The lowest BCUT2D eigenvalue weighted by molar-refractivity contribution is -0.358. The zero-order chi connectivity index (χ0) is 20.8. The number of ether oxygens (including phenoxy) is 1. The molecule has 0 aromatic carbocycles. The van der Waals surface area contributed by atoms with Crippen LogP contribution in [0.15, 0.2) is 24.4 Å². The third-order valence-corrected chi connectivity index (χ3v) is 6.95. The van der Waals surface area contributed by atoms with Crippen molar-refractivity contribution in [2.24, 2.45) is 16.7 Å². The molecule has 2 aromatic rings. The number of aliphatic hydroxyl groups is 3. The van der Waals surface area contributed by atoms with Crippen molar-refractivity contribution in [3.8, 4) is 11.7 Å². The number of aromatic carboxylic acids is 1.